The van der Waals surface area contributed by atoms with Crippen LogP contribution in [0.15, 0.2) is 0 Å². The molecule has 41 valence electrons. The van der Waals surface area contributed by atoms with Gasteiger partial charge >= 0.3 is 0 Å². The topological polar surface area (TPSA) is 17.1 Å². The molecule has 0 heterocycles. The van der Waals surface area contributed by atoms with Gasteiger partial charge < -0.3 is 0 Å². The summed E-state index contributed by atoms with van der Waals surface area (Å²) >= 11 is 4.96. The Morgan fingerprint density at radius 3 is 2.57 bits per heavy atom. The molecule has 0 fully saturated rings. The maximum atomic E-state index is 9.91. The predicted molar refractivity (Wildman–Crippen MR) is 30.1 cm³/mol. The molecule has 0 saturated heterocycles. The van der Waals surface area contributed by atoms with Crippen LogP contribution >= 0.6 is 11.6 Å². The highest BCUT2D eigenvalue weighted by atomic mass is 35.5. The normalized spacial score (nSPS) is 8.86. The fourth-order valence-corrected chi connectivity index (χ4v) is 0.367. The van der Waals surface area contributed by atoms with Crippen molar-refractivity contribution in [1.82, 2.24) is 0 Å². The van der Waals surface area contributed by atoms with Crippen LogP contribution in [0.4, 0.5) is 0 Å². The van der Waals surface area contributed by atoms with E-state index in [9.17, 15) is 4.79 Å². The number of rotatable bonds is 3. The lowest BCUT2D eigenvalue weighted by Crippen LogP contribution is -1.84. The van der Waals surface area contributed by atoms with Crippen LogP contribution in [-0.4, -0.2) is 5.24 Å². The zero-order valence-corrected chi connectivity index (χ0v) is 5.03. The lowest BCUT2D eigenvalue weighted by molar-refractivity contribution is -0.109. The van der Waals surface area contributed by atoms with Crippen molar-refractivity contribution >= 4 is 16.8 Å². The molecular formula is C5H8ClO. The zero-order valence-electron chi connectivity index (χ0n) is 4.28. The van der Waals surface area contributed by atoms with Gasteiger partial charge in [0.25, 0.3) is 0 Å². The maximum Gasteiger partial charge on any atom is 0.225 e. The van der Waals surface area contributed by atoms with Gasteiger partial charge in [0.05, 0.1) is 0 Å². The quantitative estimate of drug-likeness (QED) is 0.518. The highest BCUT2D eigenvalue weighted by Gasteiger charge is 1.91. The first-order valence-corrected chi connectivity index (χ1v) is 2.68. The summed E-state index contributed by atoms with van der Waals surface area (Å²) in [6.45, 7) is 2.00. The molecule has 1 nitrogen and oxygen atoms in total. The molecule has 0 amide bonds. The van der Waals surface area contributed by atoms with Crippen LogP contribution in [0.5, 0.6) is 0 Å². The van der Waals surface area contributed by atoms with Gasteiger partial charge in [-0.05, 0) is 18.0 Å². The fourth-order valence-electron chi connectivity index (χ4n) is 0.258. The highest BCUT2D eigenvalue weighted by Crippen LogP contribution is 1.94. The average molecular weight is 120 g/mol. The Morgan fingerprint density at radius 1 is 1.86 bits per heavy atom. The second-order valence-corrected chi connectivity index (χ2v) is 1.67. The fraction of sp³-hybridized carbons (Fsp3) is 0.600. The van der Waals surface area contributed by atoms with Gasteiger partial charge in [-0.15, -0.1) is 0 Å². The van der Waals surface area contributed by atoms with E-state index in [1.54, 1.807) is 0 Å². The Morgan fingerprint density at radius 2 is 2.43 bits per heavy atom. The smallest absolute Gasteiger partial charge is 0.225 e. The number of carbonyl (C=O) groups excluding carboxylic acids is 1. The number of unbranched alkanes of at least 4 members (excludes halogenated alkanes) is 1. The maximum absolute atomic E-state index is 9.91. The molecule has 0 aromatic rings. The molecule has 0 aromatic heterocycles. The van der Waals surface area contributed by atoms with Crippen molar-refractivity contribution in [2.45, 2.75) is 19.8 Å². The molecule has 7 heavy (non-hydrogen) atoms. The first kappa shape index (κ1) is 6.96. The molecule has 0 atom stereocenters. The number of carbonyl (C=O) groups is 1. The molecule has 0 N–H and O–H groups in total. The van der Waals surface area contributed by atoms with E-state index in [1.807, 2.05) is 6.92 Å². The SMILES string of the molecule is CCC[CH]C(=O)Cl. The van der Waals surface area contributed by atoms with E-state index >= 15 is 0 Å². The lowest BCUT2D eigenvalue weighted by Gasteiger charge is -1.83. The summed E-state index contributed by atoms with van der Waals surface area (Å²) in [5.41, 5.74) is 0. The minimum atomic E-state index is -0.346. The third-order valence-corrected chi connectivity index (χ3v) is 0.748. The van der Waals surface area contributed by atoms with Crippen LogP contribution in [0.3, 0.4) is 0 Å². The zero-order chi connectivity index (χ0) is 5.70. The van der Waals surface area contributed by atoms with E-state index in [-0.39, 0.29) is 5.24 Å². The van der Waals surface area contributed by atoms with Crippen molar-refractivity contribution in [2.24, 2.45) is 0 Å². The van der Waals surface area contributed by atoms with Crippen molar-refractivity contribution in [3.63, 3.8) is 0 Å². The molecule has 0 aliphatic heterocycles. The number of hydrogen-bond donors (Lipinski definition) is 0. The molecule has 0 spiro atoms. The number of halogens is 1. The Kier molecular flexibility index (Phi) is 4.10. The van der Waals surface area contributed by atoms with Gasteiger partial charge in [-0.1, -0.05) is 13.3 Å². The first-order valence-electron chi connectivity index (χ1n) is 2.30. The highest BCUT2D eigenvalue weighted by molar-refractivity contribution is 6.65. The van der Waals surface area contributed by atoms with Crippen LogP contribution in [0, 0.1) is 6.42 Å². The van der Waals surface area contributed by atoms with Crippen LogP contribution in [0.2, 0.25) is 0 Å². The van der Waals surface area contributed by atoms with Gasteiger partial charge in [0.15, 0.2) is 0 Å². The summed E-state index contributed by atoms with van der Waals surface area (Å²) in [7, 11) is 0. The number of hydrogen-bond acceptors (Lipinski definition) is 1. The van der Waals surface area contributed by atoms with Gasteiger partial charge in [0, 0.05) is 6.42 Å². The van der Waals surface area contributed by atoms with E-state index in [4.69, 9.17) is 11.6 Å². The Labute approximate surface area is 48.7 Å². The van der Waals surface area contributed by atoms with Gasteiger partial charge in [0.2, 0.25) is 5.24 Å². The Hall–Kier alpha value is -0.0400. The van der Waals surface area contributed by atoms with Crippen molar-refractivity contribution in [3.8, 4) is 0 Å². The minimum Gasteiger partial charge on any atom is -0.281 e. The van der Waals surface area contributed by atoms with Crippen molar-refractivity contribution in [1.29, 1.82) is 0 Å². The molecule has 1 radical (unpaired) electrons. The molecule has 0 rings (SSSR count). The van der Waals surface area contributed by atoms with Gasteiger partial charge in [-0.2, -0.15) is 0 Å². The molecule has 0 aliphatic rings. The lowest BCUT2D eigenvalue weighted by atomic mass is 10.3. The molecule has 0 saturated carbocycles. The monoisotopic (exact) mass is 119 g/mol. The second kappa shape index (κ2) is 4.13. The third kappa shape index (κ3) is 5.96. The summed E-state index contributed by atoms with van der Waals surface area (Å²) in [5, 5.41) is -0.346. The van der Waals surface area contributed by atoms with E-state index in [1.165, 1.54) is 6.42 Å². The minimum absolute atomic E-state index is 0.346. The first-order chi connectivity index (χ1) is 3.27. The van der Waals surface area contributed by atoms with E-state index in [0.717, 1.165) is 12.8 Å². The second-order valence-electron chi connectivity index (χ2n) is 1.30. The Bertz CT molecular complexity index is 61.1. The summed E-state index contributed by atoms with van der Waals surface area (Å²) in [6, 6.07) is 0. The van der Waals surface area contributed by atoms with Gasteiger partial charge in [0.1, 0.15) is 0 Å². The summed E-state index contributed by atoms with van der Waals surface area (Å²) in [5.74, 6) is 0. The van der Waals surface area contributed by atoms with E-state index in [0.29, 0.717) is 0 Å². The Balaban J connectivity index is 2.82. The predicted octanol–water partition coefficient (Wildman–Crippen LogP) is 1.76. The van der Waals surface area contributed by atoms with E-state index in [2.05, 4.69) is 0 Å². The van der Waals surface area contributed by atoms with Crippen molar-refractivity contribution in [2.75, 3.05) is 0 Å². The molecule has 2 heteroatoms. The van der Waals surface area contributed by atoms with Crippen LogP contribution in [0.25, 0.3) is 0 Å². The molecule has 0 bridgehead atoms. The summed E-state index contributed by atoms with van der Waals surface area (Å²) in [4.78, 5) is 9.91. The molecule has 0 aromatic carbocycles. The molecule has 0 aliphatic carbocycles. The average Bonchev–Trinajstić information content (AvgIpc) is 1.61. The standard InChI is InChI=1S/C5H8ClO/c1-2-3-4-5(6)7/h4H,2-3H2,1H3. The van der Waals surface area contributed by atoms with Gasteiger partial charge in [-0.25, -0.2) is 0 Å². The third-order valence-electron chi connectivity index (χ3n) is 0.593. The van der Waals surface area contributed by atoms with Gasteiger partial charge in [-0.3, -0.25) is 4.79 Å². The summed E-state index contributed by atoms with van der Waals surface area (Å²) < 4.78 is 0. The largest absolute Gasteiger partial charge is 0.281 e. The van der Waals surface area contributed by atoms with Crippen LogP contribution in [0.1, 0.15) is 19.8 Å². The van der Waals surface area contributed by atoms with Crippen molar-refractivity contribution in [3.05, 3.63) is 6.42 Å². The van der Waals surface area contributed by atoms with E-state index < -0.39 is 0 Å². The molecular weight excluding hydrogens is 112 g/mol. The van der Waals surface area contributed by atoms with Crippen molar-refractivity contribution < 1.29 is 4.79 Å². The van der Waals surface area contributed by atoms with Crippen LogP contribution < -0.4 is 0 Å². The van der Waals surface area contributed by atoms with Crippen LogP contribution in [-0.2, 0) is 4.79 Å². The summed E-state index contributed by atoms with van der Waals surface area (Å²) in [6.07, 6.45) is 3.25. The molecule has 0 unspecified atom stereocenters.